The fourth-order valence-electron chi connectivity index (χ4n) is 3.43. The molecule has 1 aliphatic heterocycles. The Balaban J connectivity index is 1.60. The Hall–Kier alpha value is -2.35. The van der Waals surface area contributed by atoms with E-state index in [1.54, 1.807) is 12.1 Å². The third-order valence-electron chi connectivity index (χ3n) is 4.84. The molecule has 2 aromatic rings. The lowest BCUT2D eigenvalue weighted by Gasteiger charge is -2.13. The number of rotatable bonds is 6. The largest absolute Gasteiger partial charge is 0.416 e. The van der Waals surface area contributed by atoms with E-state index in [1.165, 1.54) is 25.8 Å². The van der Waals surface area contributed by atoms with Gasteiger partial charge in [-0.15, -0.1) is 0 Å². The van der Waals surface area contributed by atoms with Gasteiger partial charge in [0.25, 0.3) is 0 Å². The SMILES string of the molecule is Cc1c(-c2cc(NC(=O)CCCN3CCCC3)[nH]n2)cccc1C(F)(F)F. The Morgan fingerprint density at radius 1 is 1.30 bits per heavy atom. The standard InChI is InChI=1S/C19H23F3N4O/c1-13-14(6-4-7-15(13)19(20,21)22)16-12-17(25-24-16)23-18(27)8-5-11-26-9-2-3-10-26/h4,6-7,12H,2-3,5,8-11H2,1H3,(H2,23,24,25,27). The molecular formula is C19H23F3N4O. The van der Waals surface area contributed by atoms with E-state index >= 15 is 0 Å². The summed E-state index contributed by atoms with van der Waals surface area (Å²) in [5.41, 5.74) is 0.178. The highest BCUT2D eigenvalue weighted by atomic mass is 19.4. The van der Waals surface area contributed by atoms with Crippen molar-refractivity contribution in [2.75, 3.05) is 25.0 Å². The van der Waals surface area contributed by atoms with Crippen LogP contribution in [0.1, 0.15) is 36.8 Å². The normalized spacial score (nSPS) is 15.3. The van der Waals surface area contributed by atoms with Gasteiger partial charge in [0.05, 0.1) is 11.3 Å². The number of halogens is 3. The van der Waals surface area contributed by atoms with Crippen molar-refractivity contribution in [2.24, 2.45) is 0 Å². The maximum atomic E-state index is 13.1. The summed E-state index contributed by atoms with van der Waals surface area (Å²) in [5.74, 6) is 0.248. The molecule has 1 fully saturated rings. The first-order chi connectivity index (χ1) is 12.8. The number of aromatic amines is 1. The summed E-state index contributed by atoms with van der Waals surface area (Å²) in [5, 5.41) is 9.45. The molecule has 1 amide bonds. The molecule has 0 atom stereocenters. The quantitative estimate of drug-likeness (QED) is 0.789. The van der Waals surface area contributed by atoms with Crippen molar-refractivity contribution >= 4 is 11.7 Å². The molecule has 0 aliphatic carbocycles. The Labute approximate surface area is 155 Å². The summed E-state index contributed by atoms with van der Waals surface area (Å²) < 4.78 is 39.2. The van der Waals surface area contributed by atoms with Crippen molar-refractivity contribution < 1.29 is 18.0 Å². The van der Waals surface area contributed by atoms with Crippen molar-refractivity contribution in [1.29, 1.82) is 0 Å². The molecule has 0 spiro atoms. The van der Waals surface area contributed by atoms with E-state index in [9.17, 15) is 18.0 Å². The molecule has 8 heteroatoms. The van der Waals surface area contributed by atoms with E-state index in [4.69, 9.17) is 0 Å². The van der Waals surface area contributed by atoms with E-state index in [0.717, 1.165) is 32.1 Å². The van der Waals surface area contributed by atoms with Crippen LogP contribution in [-0.4, -0.2) is 40.6 Å². The van der Waals surface area contributed by atoms with E-state index < -0.39 is 11.7 Å². The molecule has 0 bridgehead atoms. The van der Waals surface area contributed by atoms with Gasteiger partial charge in [-0.3, -0.25) is 9.89 Å². The minimum atomic E-state index is -4.41. The average Bonchev–Trinajstić information content (AvgIpc) is 3.26. The molecule has 0 saturated carbocycles. The summed E-state index contributed by atoms with van der Waals surface area (Å²) in [4.78, 5) is 14.4. The van der Waals surface area contributed by atoms with Gasteiger partial charge in [0, 0.05) is 18.1 Å². The number of nitrogens with zero attached hydrogens (tertiary/aromatic N) is 2. The van der Waals surface area contributed by atoms with Crippen LogP contribution in [0, 0.1) is 6.92 Å². The van der Waals surface area contributed by atoms with Gasteiger partial charge in [0.1, 0.15) is 5.82 Å². The van der Waals surface area contributed by atoms with Crippen molar-refractivity contribution in [1.82, 2.24) is 15.1 Å². The highest BCUT2D eigenvalue weighted by Crippen LogP contribution is 2.36. The Bertz CT molecular complexity index is 794. The first-order valence-corrected chi connectivity index (χ1v) is 9.09. The van der Waals surface area contributed by atoms with Gasteiger partial charge in [0.2, 0.25) is 5.91 Å². The van der Waals surface area contributed by atoms with E-state index in [1.807, 2.05) is 0 Å². The van der Waals surface area contributed by atoms with Crippen LogP contribution in [0.4, 0.5) is 19.0 Å². The number of hydrogen-bond donors (Lipinski definition) is 2. The van der Waals surface area contributed by atoms with Gasteiger partial charge in [-0.05, 0) is 57.5 Å². The summed E-state index contributed by atoms with van der Waals surface area (Å²) in [6, 6.07) is 5.55. The fourth-order valence-corrected chi connectivity index (χ4v) is 3.43. The van der Waals surface area contributed by atoms with Crippen LogP contribution in [0.3, 0.4) is 0 Å². The summed E-state index contributed by atoms with van der Waals surface area (Å²) in [6.07, 6.45) is -0.800. The molecular weight excluding hydrogens is 357 g/mol. The maximum Gasteiger partial charge on any atom is 0.416 e. The number of H-pyrrole nitrogens is 1. The van der Waals surface area contributed by atoms with Crippen molar-refractivity contribution in [3.05, 3.63) is 35.4 Å². The Morgan fingerprint density at radius 2 is 2.04 bits per heavy atom. The van der Waals surface area contributed by atoms with E-state index in [-0.39, 0.29) is 11.5 Å². The van der Waals surface area contributed by atoms with Crippen molar-refractivity contribution in [3.63, 3.8) is 0 Å². The van der Waals surface area contributed by atoms with Crippen LogP contribution in [0.5, 0.6) is 0 Å². The summed E-state index contributed by atoms with van der Waals surface area (Å²) in [7, 11) is 0. The summed E-state index contributed by atoms with van der Waals surface area (Å²) in [6.45, 7) is 4.53. The molecule has 1 aliphatic rings. The fraction of sp³-hybridized carbons (Fsp3) is 0.474. The van der Waals surface area contributed by atoms with Gasteiger partial charge >= 0.3 is 6.18 Å². The van der Waals surface area contributed by atoms with Gasteiger partial charge in [-0.2, -0.15) is 18.3 Å². The first kappa shape index (κ1) is 19.4. The van der Waals surface area contributed by atoms with Crippen LogP contribution in [0.2, 0.25) is 0 Å². The molecule has 27 heavy (non-hydrogen) atoms. The number of hydrogen-bond acceptors (Lipinski definition) is 3. The van der Waals surface area contributed by atoms with Crippen LogP contribution in [-0.2, 0) is 11.0 Å². The predicted molar refractivity (Wildman–Crippen MR) is 97.3 cm³/mol. The highest BCUT2D eigenvalue weighted by molar-refractivity contribution is 5.90. The molecule has 1 saturated heterocycles. The third-order valence-corrected chi connectivity index (χ3v) is 4.84. The monoisotopic (exact) mass is 380 g/mol. The highest BCUT2D eigenvalue weighted by Gasteiger charge is 2.33. The zero-order valence-corrected chi connectivity index (χ0v) is 15.2. The predicted octanol–water partition coefficient (Wildman–Crippen LogP) is 4.22. The second-order valence-corrected chi connectivity index (χ2v) is 6.84. The number of anilines is 1. The molecule has 5 nitrogen and oxygen atoms in total. The summed E-state index contributed by atoms with van der Waals surface area (Å²) >= 11 is 0. The van der Waals surface area contributed by atoms with Gasteiger partial charge in [-0.25, -0.2) is 0 Å². The Kier molecular flexibility index (Phi) is 5.84. The maximum absolute atomic E-state index is 13.1. The molecule has 3 rings (SSSR count). The average molecular weight is 380 g/mol. The smallest absolute Gasteiger partial charge is 0.311 e. The van der Waals surface area contributed by atoms with E-state index in [0.29, 0.717) is 23.5 Å². The molecule has 1 aromatic carbocycles. The Morgan fingerprint density at radius 3 is 2.74 bits per heavy atom. The van der Waals surface area contributed by atoms with E-state index in [2.05, 4.69) is 20.4 Å². The molecule has 1 aromatic heterocycles. The second-order valence-electron chi connectivity index (χ2n) is 6.84. The van der Waals surface area contributed by atoms with Crippen molar-refractivity contribution in [2.45, 2.75) is 38.8 Å². The number of alkyl halides is 3. The zero-order chi connectivity index (χ0) is 19.4. The zero-order valence-electron chi connectivity index (χ0n) is 15.2. The number of nitrogens with one attached hydrogen (secondary N) is 2. The molecule has 2 heterocycles. The van der Waals surface area contributed by atoms with Gasteiger partial charge < -0.3 is 10.2 Å². The van der Waals surface area contributed by atoms with Crippen LogP contribution in [0.25, 0.3) is 11.3 Å². The van der Waals surface area contributed by atoms with Crippen LogP contribution >= 0.6 is 0 Å². The number of amides is 1. The second kappa shape index (κ2) is 8.12. The third kappa shape index (κ3) is 4.88. The van der Waals surface area contributed by atoms with Crippen molar-refractivity contribution in [3.8, 4) is 11.3 Å². The minimum Gasteiger partial charge on any atom is -0.311 e. The van der Waals surface area contributed by atoms with Gasteiger partial charge in [0.15, 0.2) is 0 Å². The number of aromatic nitrogens is 2. The number of likely N-dealkylation sites (tertiary alicyclic amines) is 1. The lowest BCUT2D eigenvalue weighted by Crippen LogP contribution is -2.22. The molecule has 0 radical (unpaired) electrons. The molecule has 146 valence electrons. The number of carbonyl (C=O) groups is 1. The lowest BCUT2D eigenvalue weighted by molar-refractivity contribution is -0.138. The molecule has 2 N–H and O–H groups in total. The first-order valence-electron chi connectivity index (χ1n) is 9.09. The minimum absolute atomic E-state index is 0.111. The number of benzene rings is 1. The number of carbonyl (C=O) groups excluding carboxylic acids is 1. The lowest BCUT2D eigenvalue weighted by atomic mass is 10.00. The van der Waals surface area contributed by atoms with Gasteiger partial charge in [-0.1, -0.05) is 12.1 Å². The molecule has 0 unspecified atom stereocenters. The van der Waals surface area contributed by atoms with Crippen LogP contribution in [0.15, 0.2) is 24.3 Å². The van der Waals surface area contributed by atoms with Crippen LogP contribution < -0.4 is 5.32 Å². The topological polar surface area (TPSA) is 61.0 Å².